The van der Waals surface area contributed by atoms with E-state index in [1.807, 2.05) is 18.2 Å². The first-order valence-corrected chi connectivity index (χ1v) is 9.45. The zero-order valence-corrected chi connectivity index (χ0v) is 15.5. The van der Waals surface area contributed by atoms with Crippen molar-refractivity contribution in [2.45, 2.75) is 11.4 Å². The number of hydrogen-bond acceptors (Lipinski definition) is 5. The van der Waals surface area contributed by atoms with Crippen LogP contribution in [0.4, 0.5) is 0 Å². The first-order chi connectivity index (χ1) is 12.5. The van der Waals surface area contributed by atoms with Crippen molar-refractivity contribution in [2.24, 2.45) is 0 Å². The van der Waals surface area contributed by atoms with Gasteiger partial charge in [-0.3, -0.25) is 4.79 Å². The van der Waals surface area contributed by atoms with Crippen LogP contribution in [0.3, 0.4) is 0 Å². The minimum atomic E-state index is -3.70. The molecule has 0 aliphatic heterocycles. The van der Waals surface area contributed by atoms with E-state index in [1.54, 1.807) is 19.2 Å². The van der Waals surface area contributed by atoms with Gasteiger partial charge in [0.15, 0.2) is 0 Å². The lowest BCUT2D eigenvalue weighted by molar-refractivity contribution is 0.0950. The lowest BCUT2D eigenvalue weighted by atomic mass is 10.2. The summed E-state index contributed by atoms with van der Waals surface area (Å²) in [7, 11) is -0.648. The number of benzene rings is 2. The number of para-hydroxylation sites is 1. The molecule has 7 nitrogen and oxygen atoms in total. The van der Waals surface area contributed by atoms with Gasteiger partial charge in [-0.25, -0.2) is 13.1 Å². The van der Waals surface area contributed by atoms with Crippen LogP contribution in [0.15, 0.2) is 53.4 Å². The van der Waals surface area contributed by atoms with Crippen LogP contribution in [-0.2, 0) is 21.3 Å². The summed E-state index contributed by atoms with van der Waals surface area (Å²) < 4.78 is 36.9. The quantitative estimate of drug-likeness (QED) is 0.646. The van der Waals surface area contributed by atoms with E-state index in [4.69, 9.17) is 9.47 Å². The second kappa shape index (κ2) is 9.33. The van der Waals surface area contributed by atoms with Crippen LogP contribution in [0.1, 0.15) is 15.9 Å². The normalized spacial score (nSPS) is 11.2. The Balaban J connectivity index is 2.08. The van der Waals surface area contributed by atoms with Crippen molar-refractivity contribution >= 4 is 15.9 Å². The fourth-order valence-electron chi connectivity index (χ4n) is 2.29. The van der Waals surface area contributed by atoms with Gasteiger partial charge in [-0.1, -0.05) is 24.3 Å². The maximum atomic E-state index is 12.4. The minimum Gasteiger partial charge on any atom is -0.496 e. The Labute approximate surface area is 153 Å². The number of sulfonamides is 1. The van der Waals surface area contributed by atoms with E-state index < -0.39 is 10.0 Å². The lowest BCUT2D eigenvalue weighted by Gasteiger charge is -2.11. The molecule has 2 aromatic carbocycles. The fraction of sp³-hybridized carbons (Fsp3) is 0.278. The Morgan fingerprint density at radius 1 is 1.08 bits per heavy atom. The van der Waals surface area contributed by atoms with E-state index in [0.29, 0.717) is 5.75 Å². The molecule has 0 atom stereocenters. The topological polar surface area (TPSA) is 93.7 Å². The molecular formula is C18H22N2O5S. The number of carbonyl (C=O) groups excluding carboxylic acids is 1. The van der Waals surface area contributed by atoms with Crippen molar-refractivity contribution in [1.82, 2.24) is 10.0 Å². The molecule has 0 radical (unpaired) electrons. The SMILES string of the molecule is COCCNS(=O)(=O)c1cccc(C(=O)NCc2ccccc2OC)c1. The molecule has 26 heavy (non-hydrogen) atoms. The summed E-state index contributed by atoms with van der Waals surface area (Å²) in [6.45, 7) is 0.688. The fourth-order valence-corrected chi connectivity index (χ4v) is 3.35. The third-order valence-electron chi connectivity index (χ3n) is 3.64. The highest BCUT2D eigenvalue weighted by molar-refractivity contribution is 7.89. The summed E-state index contributed by atoms with van der Waals surface area (Å²) in [4.78, 5) is 12.4. The average molecular weight is 378 g/mol. The van der Waals surface area contributed by atoms with Gasteiger partial charge in [0.1, 0.15) is 5.75 Å². The summed E-state index contributed by atoms with van der Waals surface area (Å²) in [5.74, 6) is 0.302. The van der Waals surface area contributed by atoms with Crippen LogP contribution >= 0.6 is 0 Å². The van der Waals surface area contributed by atoms with Crippen LogP contribution in [0, 0.1) is 0 Å². The van der Waals surface area contributed by atoms with E-state index in [-0.39, 0.29) is 36.1 Å². The van der Waals surface area contributed by atoms with Crippen LogP contribution in [0.5, 0.6) is 5.75 Å². The number of carbonyl (C=O) groups is 1. The summed E-state index contributed by atoms with van der Waals surface area (Å²) in [6, 6.07) is 13.2. The van der Waals surface area contributed by atoms with Gasteiger partial charge in [-0.2, -0.15) is 0 Å². The largest absolute Gasteiger partial charge is 0.496 e. The van der Waals surface area contributed by atoms with E-state index in [1.165, 1.54) is 25.3 Å². The monoisotopic (exact) mass is 378 g/mol. The molecule has 2 rings (SSSR count). The maximum absolute atomic E-state index is 12.4. The molecule has 2 N–H and O–H groups in total. The predicted octanol–water partition coefficient (Wildman–Crippen LogP) is 1.55. The molecule has 0 aliphatic rings. The van der Waals surface area contributed by atoms with Gasteiger partial charge in [-0.15, -0.1) is 0 Å². The number of hydrogen-bond donors (Lipinski definition) is 2. The average Bonchev–Trinajstić information content (AvgIpc) is 2.66. The Bertz CT molecular complexity index is 852. The molecule has 1 amide bonds. The zero-order chi connectivity index (χ0) is 19.0. The van der Waals surface area contributed by atoms with Crippen molar-refractivity contribution in [3.05, 3.63) is 59.7 Å². The second-order valence-electron chi connectivity index (χ2n) is 5.41. The number of ether oxygens (including phenoxy) is 2. The van der Waals surface area contributed by atoms with Crippen molar-refractivity contribution in [3.63, 3.8) is 0 Å². The smallest absolute Gasteiger partial charge is 0.251 e. The molecule has 0 bridgehead atoms. The Hall–Kier alpha value is -2.42. The van der Waals surface area contributed by atoms with Crippen molar-refractivity contribution in [2.75, 3.05) is 27.4 Å². The highest BCUT2D eigenvalue weighted by Crippen LogP contribution is 2.17. The van der Waals surface area contributed by atoms with E-state index in [9.17, 15) is 13.2 Å². The van der Waals surface area contributed by atoms with E-state index in [2.05, 4.69) is 10.0 Å². The molecule has 0 saturated heterocycles. The Morgan fingerprint density at radius 3 is 2.58 bits per heavy atom. The third kappa shape index (κ3) is 5.29. The van der Waals surface area contributed by atoms with Crippen molar-refractivity contribution in [1.29, 1.82) is 0 Å². The molecule has 0 saturated carbocycles. The second-order valence-corrected chi connectivity index (χ2v) is 7.18. The summed E-state index contributed by atoms with van der Waals surface area (Å²) in [5.41, 5.74) is 1.09. The van der Waals surface area contributed by atoms with Crippen LogP contribution in [0.25, 0.3) is 0 Å². The predicted molar refractivity (Wildman–Crippen MR) is 97.7 cm³/mol. The summed E-state index contributed by atoms with van der Waals surface area (Å²) >= 11 is 0. The molecule has 0 aromatic heterocycles. The van der Waals surface area contributed by atoms with Gasteiger partial charge in [0, 0.05) is 31.3 Å². The molecule has 0 fully saturated rings. The number of methoxy groups -OCH3 is 2. The molecular weight excluding hydrogens is 356 g/mol. The molecule has 2 aromatic rings. The van der Waals surface area contributed by atoms with Crippen LogP contribution < -0.4 is 14.8 Å². The highest BCUT2D eigenvalue weighted by Gasteiger charge is 2.16. The molecule has 0 aliphatic carbocycles. The third-order valence-corrected chi connectivity index (χ3v) is 5.10. The first-order valence-electron chi connectivity index (χ1n) is 7.96. The van der Waals surface area contributed by atoms with Gasteiger partial charge >= 0.3 is 0 Å². The molecule has 140 valence electrons. The van der Waals surface area contributed by atoms with Gasteiger partial charge < -0.3 is 14.8 Å². The van der Waals surface area contributed by atoms with E-state index in [0.717, 1.165) is 5.56 Å². The molecule has 0 heterocycles. The standard InChI is InChI=1S/C18H22N2O5S/c1-24-11-10-20-26(22,23)16-8-5-7-14(12-16)18(21)19-13-15-6-3-4-9-17(15)25-2/h3-9,12,20H,10-11,13H2,1-2H3,(H,19,21). The maximum Gasteiger partial charge on any atom is 0.251 e. The van der Waals surface area contributed by atoms with Crippen molar-refractivity contribution in [3.8, 4) is 5.75 Å². The van der Waals surface area contributed by atoms with Gasteiger partial charge in [0.25, 0.3) is 5.91 Å². The van der Waals surface area contributed by atoms with Gasteiger partial charge in [0.2, 0.25) is 10.0 Å². The molecule has 8 heteroatoms. The molecule has 0 spiro atoms. The Kier molecular flexibility index (Phi) is 7.14. The van der Waals surface area contributed by atoms with E-state index >= 15 is 0 Å². The number of amides is 1. The summed E-state index contributed by atoms with van der Waals surface area (Å²) in [5, 5.41) is 2.77. The highest BCUT2D eigenvalue weighted by atomic mass is 32.2. The number of rotatable bonds is 9. The summed E-state index contributed by atoms with van der Waals surface area (Å²) in [6.07, 6.45) is 0. The van der Waals surface area contributed by atoms with Crippen LogP contribution in [-0.4, -0.2) is 41.7 Å². The lowest BCUT2D eigenvalue weighted by Crippen LogP contribution is -2.28. The van der Waals surface area contributed by atoms with Crippen LogP contribution in [0.2, 0.25) is 0 Å². The van der Waals surface area contributed by atoms with Gasteiger partial charge in [-0.05, 0) is 24.3 Å². The first kappa shape index (κ1) is 19.9. The van der Waals surface area contributed by atoms with Crippen molar-refractivity contribution < 1.29 is 22.7 Å². The molecule has 0 unspecified atom stereocenters. The number of nitrogens with one attached hydrogen (secondary N) is 2. The minimum absolute atomic E-state index is 0.0264. The zero-order valence-electron chi connectivity index (χ0n) is 14.7. The van der Waals surface area contributed by atoms with Gasteiger partial charge in [0.05, 0.1) is 18.6 Å². The Morgan fingerprint density at radius 2 is 1.85 bits per heavy atom.